The van der Waals surface area contributed by atoms with Crippen molar-refractivity contribution >= 4 is 11.9 Å². The Morgan fingerprint density at radius 2 is 2.20 bits per heavy atom. The van der Waals surface area contributed by atoms with Gasteiger partial charge in [-0.05, 0) is 6.42 Å². The maximum atomic E-state index is 11.5. The van der Waals surface area contributed by atoms with E-state index < -0.39 is 12.0 Å². The number of nitrogens with zero attached hydrogens (tertiary/aromatic N) is 2. The van der Waals surface area contributed by atoms with E-state index in [1.165, 1.54) is 4.90 Å². The first-order chi connectivity index (χ1) is 6.99. The molecule has 0 bridgehead atoms. The van der Waals surface area contributed by atoms with Gasteiger partial charge < -0.3 is 15.7 Å². The standard InChI is InChI=1S/C9H15N3O3/c1-12(6-2-5-10)9(15)7(11)3-4-8(13)14/h7H,2-4,6,11H2,1H3,(H,13,14). The van der Waals surface area contributed by atoms with Crippen LogP contribution in [0, 0.1) is 11.3 Å². The molecule has 0 aliphatic rings. The third kappa shape index (κ3) is 5.65. The molecule has 0 radical (unpaired) electrons. The zero-order valence-electron chi connectivity index (χ0n) is 8.64. The van der Waals surface area contributed by atoms with E-state index in [-0.39, 0.29) is 25.2 Å². The highest BCUT2D eigenvalue weighted by Crippen LogP contribution is 1.99. The summed E-state index contributed by atoms with van der Waals surface area (Å²) < 4.78 is 0. The summed E-state index contributed by atoms with van der Waals surface area (Å²) in [6.45, 7) is 0.316. The molecule has 0 saturated heterocycles. The molecule has 1 atom stereocenters. The monoisotopic (exact) mass is 213 g/mol. The van der Waals surface area contributed by atoms with Gasteiger partial charge in [0.25, 0.3) is 0 Å². The van der Waals surface area contributed by atoms with Gasteiger partial charge in [-0.25, -0.2) is 0 Å². The van der Waals surface area contributed by atoms with Gasteiger partial charge in [-0.15, -0.1) is 0 Å². The third-order valence-electron chi connectivity index (χ3n) is 1.92. The Kier molecular flexibility index (Phi) is 6.06. The Bertz CT molecular complexity index is 272. The molecule has 84 valence electrons. The van der Waals surface area contributed by atoms with E-state index in [1.54, 1.807) is 7.05 Å². The number of hydrogen-bond donors (Lipinski definition) is 2. The highest BCUT2D eigenvalue weighted by Gasteiger charge is 2.18. The first kappa shape index (κ1) is 13.4. The van der Waals surface area contributed by atoms with Crippen LogP contribution in [0.2, 0.25) is 0 Å². The van der Waals surface area contributed by atoms with Gasteiger partial charge in [-0.3, -0.25) is 9.59 Å². The Balaban J connectivity index is 3.97. The van der Waals surface area contributed by atoms with Gasteiger partial charge in [0.2, 0.25) is 5.91 Å². The van der Waals surface area contributed by atoms with Crippen LogP contribution in [-0.2, 0) is 9.59 Å². The Labute approximate surface area is 88.3 Å². The molecule has 0 saturated carbocycles. The summed E-state index contributed by atoms with van der Waals surface area (Å²) in [6, 6.07) is 1.11. The van der Waals surface area contributed by atoms with Gasteiger partial charge in [0.15, 0.2) is 0 Å². The number of nitrogens with two attached hydrogens (primary N) is 1. The number of hydrogen-bond acceptors (Lipinski definition) is 4. The molecule has 1 amide bonds. The molecule has 15 heavy (non-hydrogen) atoms. The lowest BCUT2D eigenvalue weighted by Gasteiger charge is -2.19. The minimum absolute atomic E-state index is 0.116. The highest BCUT2D eigenvalue weighted by molar-refractivity contribution is 5.82. The van der Waals surface area contributed by atoms with Gasteiger partial charge in [0, 0.05) is 20.0 Å². The molecule has 0 rings (SSSR count). The predicted molar refractivity (Wildman–Crippen MR) is 52.7 cm³/mol. The van der Waals surface area contributed by atoms with Crippen molar-refractivity contribution in [1.29, 1.82) is 5.26 Å². The topological polar surface area (TPSA) is 107 Å². The van der Waals surface area contributed by atoms with Crippen LogP contribution >= 0.6 is 0 Å². The van der Waals surface area contributed by atoms with Crippen LogP contribution < -0.4 is 5.73 Å². The Morgan fingerprint density at radius 3 is 2.67 bits per heavy atom. The molecule has 0 heterocycles. The van der Waals surface area contributed by atoms with E-state index in [0.717, 1.165) is 0 Å². The third-order valence-corrected chi connectivity index (χ3v) is 1.92. The van der Waals surface area contributed by atoms with Crippen molar-refractivity contribution in [2.75, 3.05) is 13.6 Å². The van der Waals surface area contributed by atoms with Crippen LogP contribution in [0.5, 0.6) is 0 Å². The number of nitriles is 1. The van der Waals surface area contributed by atoms with E-state index in [4.69, 9.17) is 16.1 Å². The zero-order valence-corrected chi connectivity index (χ0v) is 8.64. The number of rotatable bonds is 6. The maximum Gasteiger partial charge on any atom is 0.303 e. The summed E-state index contributed by atoms with van der Waals surface area (Å²) >= 11 is 0. The second-order valence-electron chi connectivity index (χ2n) is 3.21. The number of aliphatic carboxylic acids is 1. The summed E-state index contributed by atoms with van der Waals surface area (Å²) in [5.41, 5.74) is 5.50. The molecule has 1 unspecified atom stereocenters. The molecule has 0 aliphatic carbocycles. The average molecular weight is 213 g/mol. The molecular formula is C9H15N3O3. The summed E-state index contributed by atoms with van der Waals surface area (Å²) in [5.74, 6) is -1.30. The quantitative estimate of drug-likeness (QED) is 0.621. The van der Waals surface area contributed by atoms with E-state index in [9.17, 15) is 9.59 Å². The molecule has 0 fully saturated rings. The zero-order chi connectivity index (χ0) is 11.8. The highest BCUT2D eigenvalue weighted by atomic mass is 16.4. The van der Waals surface area contributed by atoms with Crippen molar-refractivity contribution < 1.29 is 14.7 Å². The van der Waals surface area contributed by atoms with Gasteiger partial charge >= 0.3 is 5.97 Å². The molecule has 6 heteroatoms. The van der Waals surface area contributed by atoms with E-state index >= 15 is 0 Å². The maximum absolute atomic E-state index is 11.5. The van der Waals surface area contributed by atoms with Crippen LogP contribution in [-0.4, -0.2) is 41.5 Å². The van der Waals surface area contributed by atoms with E-state index in [1.807, 2.05) is 6.07 Å². The summed E-state index contributed by atoms with van der Waals surface area (Å²) in [7, 11) is 1.54. The van der Waals surface area contributed by atoms with Crippen LogP contribution in [0.1, 0.15) is 19.3 Å². The SMILES string of the molecule is CN(CCC#N)C(=O)C(N)CCC(=O)O. The summed E-state index contributed by atoms with van der Waals surface area (Å²) in [4.78, 5) is 23.0. The smallest absolute Gasteiger partial charge is 0.303 e. The van der Waals surface area contributed by atoms with Gasteiger partial charge in [0.05, 0.1) is 18.5 Å². The Morgan fingerprint density at radius 1 is 1.60 bits per heavy atom. The lowest BCUT2D eigenvalue weighted by molar-refractivity contribution is -0.137. The molecule has 0 aromatic heterocycles. The van der Waals surface area contributed by atoms with Gasteiger partial charge in [-0.2, -0.15) is 5.26 Å². The number of carbonyl (C=O) groups is 2. The van der Waals surface area contributed by atoms with Crippen molar-refractivity contribution in [2.45, 2.75) is 25.3 Å². The first-order valence-corrected chi connectivity index (χ1v) is 4.58. The average Bonchev–Trinajstić information content (AvgIpc) is 2.21. The summed E-state index contributed by atoms with van der Waals surface area (Å²) in [5, 5.41) is 16.7. The number of carbonyl (C=O) groups excluding carboxylic acids is 1. The fourth-order valence-electron chi connectivity index (χ4n) is 1.01. The molecule has 0 aliphatic heterocycles. The van der Waals surface area contributed by atoms with Crippen molar-refractivity contribution in [3.05, 3.63) is 0 Å². The van der Waals surface area contributed by atoms with Crippen LogP contribution in [0.15, 0.2) is 0 Å². The molecule has 3 N–H and O–H groups in total. The number of amides is 1. The number of carboxylic acid groups (broad SMARTS) is 1. The molecule has 0 aromatic rings. The van der Waals surface area contributed by atoms with Crippen LogP contribution in [0.3, 0.4) is 0 Å². The van der Waals surface area contributed by atoms with Crippen molar-refractivity contribution in [3.63, 3.8) is 0 Å². The van der Waals surface area contributed by atoms with Gasteiger partial charge in [-0.1, -0.05) is 0 Å². The van der Waals surface area contributed by atoms with Crippen molar-refractivity contribution in [2.24, 2.45) is 5.73 Å². The molecule has 0 aromatic carbocycles. The minimum atomic E-state index is -0.974. The predicted octanol–water partition coefficient (Wildman–Crippen LogP) is -0.449. The summed E-state index contributed by atoms with van der Waals surface area (Å²) in [6.07, 6.45) is 0.234. The first-order valence-electron chi connectivity index (χ1n) is 4.58. The Hall–Kier alpha value is -1.61. The second kappa shape index (κ2) is 6.79. The second-order valence-corrected chi connectivity index (χ2v) is 3.21. The van der Waals surface area contributed by atoms with E-state index in [2.05, 4.69) is 0 Å². The van der Waals surface area contributed by atoms with Gasteiger partial charge in [0.1, 0.15) is 0 Å². The normalized spacial score (nSPS) is 11.5. The molecule has 6 nitrogen and oxygen atoms in total. The van der Waals surface area contributed by atoms with Crippen LogP contribution in [0.25, 0.3) is 0 Å². The van der Waals surface area contributed by atoms with E-state index in [0.29, 0.717) is 6.54 Å². The fourth-order valence-corrected chi connectivity index (χ4v) is 1.01. The van der Waals surface area contributed by atoms with Crippen molar-refractivity contribution in [1.82, 2.24) is 4.90 Å². The van der Waals surface area contributed by atoms with Crippen molar-refractivity contribution in [3.8, 4) is 6.07 Å². The number of likely N-dealkylation sites (N-methyl/N-ethyl adjacent to an activating group) is 1. The lowest BCUT2D eigenvalue weighted by atomic mass is 10.1. The fraction of sp³-hybridized carbons (Fsp3) is 0.667. The minimum Gasteiger partial charge on any atom is -0.481 e. The molecule has 0 spiro atoms. The lowest BCUT2D eigenvalue weighted by Crippen LogP contribution is -2.42. The largest absolute Gasteiger partial charge is 0.481 e. The molecular weight excluding hydrogens is 198 g/mol. The van der Waals surface area contributed by atoms with Crippen LogP contribution in [0.4, 0.5) is 0 Å². The number of carboxylic acids is 1.